The van der Waals surface area contributed by atoms with Crippen LogP contribution >= 0.6 is 23.4 Å². The predicted molar refractivity (Wildman–Crippen MR) is 77.2 cm³/mol. The lowest BCUT2D eigenvalue weighted by Crippen LogP contribution is -1.98. The van der Waals surface area contributed by atoms with Gasteiger partial charge in [0.2, 0.25) is 5.16 Å². The van der Waals surface area contributed by atoms with Crippen molar-refractivity contribution in [2.75, 3.05) is 0 Å². The van der Waals surface area contributed by atoms with Gasteiger partial charge >= 0.3 is 0 Å². The lowest BCUT2D eigenvalue weighted by molar-refractivity contribution is 0.756. The standard InChI is InChI=1S/C13H7ClN6S/c14-10-2-4-11(5-3-10)20-13(17-18-19-20)21-12-6-1-9(7-15)8-16-12/h1-6,8H. The molecule has 0 unspecified atom stereocenters. The van der Waals surface area contributed by atoms with Crippen LogP contribution in [0.1, 0.15) is 5.56 Å². The molecule has 0 aliphatic carbocycles. The Morgan fingerprint density at radius 3 is 2.62 bits per heavy atom. The Kier molecular flexibility index (Phi) is 3.81. The van der Waals surface area contributed by atoms with Crippen LogP contribution in [0, 0.1) is 11.3 Å². The number of halogens is 1. The van der Waals surface area contributed by atoms with E-state index in [9.17, 15) is 0 Å². The van der Waals surface area contributed by atoms with E-state index in [1.54, 1.807) is 28.9 Å². The quantitative estimate of drug-likeness (QED) is 0.739. The van der Waals surface area contributed by atoms with Crippen molar-refractivity contribution in [2.45, 2.75) is 10.2 Å². The molecule has 2 heterocycles. The summed E-state index contributed by atoms with van der Waals surface area (Å²) < 4.78 is 1.60. The van der Waals surface area contributed by atoms with Crippen molar-refractivity contribution in [1.29, 1.82) is 5.26 Å². The number of nitrogens with zero attached hydrogens (tertiary/aromatic N) is 6. The summed E-state index contributed by atoms with van der Waals surface area (Å²) in [6, 6.07) is 12.7. The Labute approximate surface area is 129 Å². The molecule has 0 bridgehead atoms. The molecule has 0 aliphatic rings. The predicted octanol–water partition coefficient (Wildman–Crippen LogP) is 2.73. The highest BCUT2D eigenvalue weighted by Gasteiger charge is 2.10. The number of tetrazole rings is 1. The first-order chi connectivity index (χ1) is 10.3. The van der Waals surface area contributed by atoms with Gasteiger partial charge in [-0.15, -0.1) is 5.10 Å². The molecule has 8 heteroatoms. The van der Waals surface area contributed by atoms with Crippen LogP contribution in [0.3, 0.4) is 0 Å². The maximum absolute atomic E-state index is 8.76. The second-order valence-electron chi connectivity index (χ2n) is 3.95. The van der Waals surface area contributed by atoms with Gasteiger partial charge in [0.05, 0.1) is 11.3 Å². The van der Waals surface area contributed by atoms with Crippen molar-refractivity contribution in [2.24, 2.45) is 0 Å². The van der Waals surface area contributed by atoms with E-state index in [-0.39, 0.29) is 0 Å². The smallest absolute Gasteiger partial charge is 0.220 e. The fourth-order valence-electron chi connectivity index (χ4n) is 1.59. The first-order valence-corrected chi connectivity index (χ1v) is 7.04. The zero-order valence-corrected chi connectivity index (χ0v) is 12.1. The lowest BCUT2D eigenvalue weighted by atomic mass is 10.3. The molecule has 3 rings (SSSR count). The van der Waals surface area contributed by atoms with Gasteiger partial charge in [0.15, 0.2) is 0 Å². The molecule has 2 aromatic heterocycles. The van der Waals surface area contributed by atoms with Crippen molar-refractivity contribution in [3.8, 4) is 11.8 Å². The Morgan fingerprint density at radius 1 is 1.14 bits per heavy atom. The first-order valence-electron chi connectivity index (χ1n) is 5.84. The lowest BCUT2D eigenvalue weighted by Gasteiger charge is -2.03. The summed E-state index contributed by atoms with van der Waals surface area (Å²) in [4.78, 5) is 4.18. The number of aromatic nitrogens is 5. The summed E-state index contributed by atoms with van der Waals surface area (Å²) in [5.74, 6) is 0. The summed E-state index contributed by atoms with van der Waals surface area (Å²) >= 11 is 7.18. The van der Waals surface area contributed by atoms with Crippen molar-refractivity contribution in [3.05, 3.63) is 53.2 Å². The molecule has 0 amide bonds. The molecule has 0 radical (unpaired) electrons. The van der Waals surface area contributed by atoms with Gasteiger partial charge in [-0.05, 0) is 58.6 Å². The van der Waals surface area contributed by atoms with Gasteiger partial charge < -0.3 is 0 Å². The van der Waals surface area contributed by atoms with E-state index >= 15 is 0 Å². The monoisotopic (exact) mass is 314 g/mol. The molecule has 0 atom stereocenters. The minimum absolute atomic E-state index is 0.511. The van der Waals surface area contributed by atoms with Crippen LogP contribution in [-0.4, -0.2) is 25.2 Å². The van der Waals surface area contributed by atoms with E-state index < -0.39 is 0 Å². The van der Waals surface area contributed by atoms with Gasteiger partial charge in [-0.3, -0.25) is 0 Å². The third kappa shape index (κ3) is 3.02. The number of nitriles is 1. The van der Waals surface area contributed by atoms with Crippen molar-refractivity contribution < 1.29 is 0 Å². The van der Waals surface area contributed by atoms with E-state index in [0.29, 0.717) is 20.8 Å². The molecule has 0 saturated heterocycles. The number of hydrogen-bond donors (Lipinski definition) is 0. The topological polar surface area (TPSA) is 80.3 Å². The Hall–Kier alpha value is -2.43. The van der Waals surface area contributed by atoms with E-state index in [2.05, 4.69) is 20.5 Å². The average Bonchev–Trinajstić information content (AvgIpc) is 2.97. The summed E-state index contributed by atoms with van der Waals surface area (Å²) in [5.41, 5.74) is 1.32. The van der Waals surface area contributed by atoms with E-state index in [0.717, 1.165) is 5.69 Å². The van der Waals surface area contributed by atoms with Crippen LogP contribution in [0.5, 0.6) is 0 Å². The van der Waals surface area contributed by atoms with Gasteiger partial charge in [0.25, 0.3) is 0 Å². The van der Waals surface area contributed by atoms with Crippen molar-refractivity contribution in [3.63, 3.8) is 0 Å². The summed E-state index contributed by atoms with van der Waals surface area (Å²) in [6.07, 6.45) is 1.51. The highest BCUT2D eigenvalue weighted by molar-refractivity contribution is 7.99. The molecular formula is C13H7ClN6S. The number of hydrogen-bond acceptors (Lipinski definition) is 6. The fraction of sp³-hybridized carbons (Fsp3) is 0. The highest BCUT2D eigenvalue weighted by atomic mass is 35.5. The third-order valence-corrected chi connectivity index (χ3v) is 3.71. The Balaban J connectivity index is 1.88. The number of pyridine rings is 1. The van der Waals surface area contributed by atoms with E-state index in [1.165, 1.54) is 18.0 Å². The summed E-state index contributed by atoms with van der Waals surface area (Å²) in [5, 5.41) is 22.3. The number of rotatable bonds is 3. The SMILES string of the molecule is N#Cc1ccc(Sc2nnnn2-c2ccc(Cl)cc2)nc1. The van der Waals surface area contributed by atoms with Gasteiger partial charge in [-0.2, -0.15) is 9.94 Å². The molecule has 3 aromatic rings. The summed E-state index contributed by atoms with van der Waals surface area (Å²) in [6.45, 7) is 0. The van der Waals surface area contributed by atoms with Gasteiger partial charge in [-0.25, -0.2) is 4.98 Å². The molecule has 0 N–H and O–H groups in total. The van der Waals surface area contributed by atoms with Gasteiger partial charge in [0.1, 0.15) is 11.1 Å². The van der Waals surface area contributed by atoms with E-state index in [4.69, 9.17) is 16.9 Å². The molecule has 0 aliphatic heterocycles. The van der Waals surface area contributed by atoms with Crippen molar-refractivity contribution in [1.82, 2.24) is 25.2 Å². The average molecular weight is 315 g/mol. The summed E-state index contributed by atoms with van der Waals surface area (Å²) in [7, 11) is 0. The molecule has 0 saturated carbocycles. The maximum Gasteiger partial charge on any atom is 0.220 e. The molecule has 6 nitrogen and oxygen atoms in total. The largest absolute Gasteiger partial charge is 0.248 e. The van der Waals surface area contributed by atoms with Crippen LogP contribution < -0.4 is 0 Å². The van der Waals surface area contributed by atoms with Crippen LogP contribution in [0.4, 0.5) is 0 Å². The number of benzene rings is 1. The second kappa shape index (κ2) is 5.91. The normalized spacial score (nSPS) is 10.3. The van der Waals surface area contributed by atoms with Crippen LogP contribution in [-0.2, 0) is 0 Å². The molecular weight excluding hydrogens is 308 g/mol. The molecule has 21 heavy (non-hydrogen) atoms. The Morgan fingerprint density at radius 2 is 1.95 bits per heavy atom. The van der Waals surface area contributed by atoms with Crippen molar-refractivity contribution >= 4 is 23.4 Å². The third-order valence-electron chi connectivity index (χ3n) is 2.57. The first kappa shape index (κ1) is 13.5. The van der Waals surface area contributed by atoms with Crippen LogP contribution in [0.15, 0.2) is 52.8 Å². The van der Waals surface area contributed by atoms with E-state index in [1.807, 2.05) is 18.2 Å². The molecule has 0 spiro atoms. The van der Waals surface area contributed by atoms with Crippen LogP contribution in [0.2, 0.25) is 5.02 Å². The molecule has 1 aromatic carbocycles. The maximum atomic E-state index is 8.76. The minimum atomic E-state index is 0.511. The molecule has 0 fully saturated rings. The zero-order valence-electron chi connectivity index (χ0n) is 10.5. The molecule has 102 valence electrons. The minimum Gasteiger partial charge on any atom is -0.248 e. The van der Waals surface area contributed by atoms with Crippen LogP contribution in [0.25, 0.3) is 5.69 Å². The fourth-order valence-corrected chi connectivity index (χ4v) is 2.45. The Bertz CT molecular complexity index is 791. The van der Waals surface area contributed by atoms with Gasteiger partial charge in [0, 0.05) is 11.2 Å². The highest BCUT2D eigenvalue weighted by Crippen LogP contribution is 2.25. The van der Waals surface area contributed by atoms with Gasteiger partial charge in [-0.1, -0.05) is 11.6 Å². The zero-order chi connectivity index (χ0) is 14.7. The second-order valence-corrected chi connectivity index (χ2v) is 5.37.